The van der Waals surface area contributed by atoms with Crippen molar-refractivity contribution in [2.24, 2.45) is 5.73 Å². The van der Waals surface area contributed by atoms with Crippen LogP contribution in [-0.4, -0.2) is 34.6 Å². The third kappa shape index (κ3) is 3.30. The molecule has 0 aromatic carbocycles. The zero-order valence-corrected chi connectivity index (χ0v) is 9.77. The summed E-state index contributed by atoms with van der Waals surface area (Å²) in [6, 6.07) is 0. The van der Waals surface area contributed by atoms with Crippen LogP contribution in [0.25, 0.3) is 0 Å². The molecule has 0 aliphatic rings. The van der Waals surface area contributed by atoms with Gasteiger partial charge in [-0.2, -0.15) is 0 Å². The van der Waals surface area contributed by atoms with Gasteiger partial charge in [0, 0.05) is 20.1 Å². The number of aromatic nitrogens is 3. The number of hydrogen-bond acceptors (Lipinski definition) is 4. The number of nitrogens with zero attached hydrogens (tertiary/aromatic N) is 3. The van der Waals surface area contributed by atoms with Gasteiger partial charge >= 0.3 is 0 Å². The minimum atomic E-state index is -0.387. The maximum Gasteiger partial charge on any atom is 0.223 e. The summed E-state index contributed by atoms with van der Waals surface area (Å²) < 4.78 is 6.84. The molecule has 1 rings (SSSR count). The molecule has 0 atom stereocenters. The molecule has 0 bridgehead atoms. The Labute approximate surface area is 94.8 Å². The van der Waals surface area contributed by atoms with Crippen molar-refractivity contribution in [1.82, 2.24) is 15.0 Å². The van der Waals surface area contributed by atoms with Crippen LogP contribution < -0.4 is 5.73 Å². The Morgan fingerprint density at radius 2 is 2.31 bits per heavy atom. The molecule has 1 amide bonds. The standard InChI is InChI=1S/C10H18N4O2/c1-3-5-14-9(4-6-16-2)8(12-13-14)7-10(11)15/h3-7H2,1-2H3,(H2,11,15). The van der Waals surface area contributed by atoms with Crippen molar-refractivity contribution in [3.05, 3.63) is 11.4 Å². The van der Waals surface area contributed by atoms with E-state index in [9.17, 15) is 4.79 Å². The van der Waals surface area contributed by atoms with Crippen LogP contribution in [0.3, 0.4) is 0 Å². The zero-order chi connectivity index (χ0) is 12.0. The van der Waals surface area contributed by atoms with Gasteiger partial charge in [-0.05, 0) is 6.42 Å². The van der Waals surface area contributed by atoms with Crippen LogP contribution >= 0.6 is 0 Å². The molecule has 2 N–H and O–H groups in total. The van der Waals surface area contributed by atoms with Gasteiger partial charge in [0.15, 0.2) is 0 Å². The van der Waals surface area contributed by atoms with Gasteiger partial charge in [0.25, 0.3) is 0 Å². The van der Waals surface area contributed by atoms with E-state index in [0.29, 0.717) is 18.7 Å². The lowest BCUT2D eigenvalue weighted by atomic mass is 10.2. The number of carbonyl (C=O) groups excluding carboxylic acids is 1. The molecule has 1 aromatic heterocycles. The minimum Gasteiger partial charge on any atom is -0.384 e. The number of methoxy groups -OCH3 is 1. The highest BCUT2D eigenvalue weighted by atomic mass is 16.5. The molecule has 0 saturated carbocycles. The lowest BCUT2D eigenvalue weighted by Gasteiger charge is -2.05. The van der Waals surface area contributed by atoms with Crippen molar-refractivity contribution in [2.75, 3.05) is 13.7 Å². The van der Waals surface area contributed by atoms with Crippen molar-refractivity contribution in [3.8, 4) is 0 Å². The molecule has 90 valence electrons. The number of amides is 1. The van der Waals surface area contributed by atoms with E-state index < -0.39 is 0 Å². The smallest absolute Gasteiger partial charge is 0.223 e. The molecule has 0 unspecified atom stereocenters. The van der Waals surface area contributed by atoms with Gasteiger partial charge in [0.2, 0.25) is 5.91 Å². The third-order valence-corrected chi connectivity index (χ3v) is 2.24. The first kappa shape index (κ1) is 12.6. The topological polar surface area (TPSA) is 83.0 Å². The molecule has 6 nitrogen and oxygen atoms in total. The third-order valence-electron chi connectivity index (χ3n) is 2.24. The fraction of sp³-hybridized carbons (Fsp3) is 0.700. The van der Waals surface area contributed by atoms with Gasteiger partial charge in [-0.15, -0.1) is 5.10 Å². The first-order valence-electron chi connectivity index (χ1n) is 5.37. The number of hydrogen-bond donors (Lipinski definition) is 1. The lowest BCUT2D eigenvalue weighted by molar-refractivity contribution is -0.117. The number of aryl methyl sites for hydroxylation is 1. The fourth-order valence-corrected chi connectivity index (χ4v) is 1.53. The predicted molar refractivity (Wildman–Crippen MR) is 58.8 cm³/mol. The number of ether oxygens (including phenoxy) is 1. The Bertz CT molecular complexity index is 349. The molecule has 0 spiro atoms. The average Bonchev–Trinajstić information content (AvgIpc) is 2.58. The Morgan fingerprint density at radius 1 is 1.56 bits per heavy atom. The number of carbonyl (C=O) groups is 1. The number of rotatable bonds is 7. The van der Waals surface area contributed by atoms with E-state index in [-0.39, 0.29) is 12.3 Å². The van der Waals surface area contributed by atoms with E-state index in [1.54, 1.807) is 7.11 Å². The molecule has 0 aliphatic carbocycles. The van der Waals surface area contributed by atoms with Gasteiger partial charge in [0.05, 0.1) is 24.4 Å². The quantitative estimate of drug-likeness (QED) is 0.704. The highest BCUT2D eigenvalue weighted by molar-refractivity contribution is 5.76. The van der Waals surface area contributed by atoms with Gasteiger partial charge < -0.3 is 10.5 Å². The summed E-state index contributed by atoms with van der Waals surface area (Å²) in [5.74, 6) is -0.387. The van der Waals surface area contributed by atoms with E-state index in [0.717, 1.165) is 18.7 Å². The average molecular weight is 226 g/mol. The second-order valence-electron chi connectivity index (χ2n) is 3.59. The van der Waals surface area contributed by atoms with Crippen LogP contribution in [0.2, 0.25) is 0 Å². The molecule has 6 heteroatoms. The fourth-order valence-electron chi connectivity index (χ4n) is 1.53. The first-order valence-corrected chi connectivity index (χ1v) is 5.37. The van der Waals surface area contributed by atoms with Crippen LogP contribution in [0.5, 0.6) is 0 Å². The van der Waals surface area contributed by atoms with Gasteiger partial charge in [0.1, 0.15) is 0 Å². The summed E-state index contributed by atoms with van der Waals surface area (Å²) in [6.45, 7) is 3.45. The Balaban J connectivity index is 2.84. The van der Waals surface area contributed by atoms with Crippen LogP contribution in [0.4, 0.5) is 0 Å². The molecule has 16 heavy (non-hydrogen) atoms. The highest BCUT2D eigenvalue weighted by Crippen LogP contribution is 2.08. The van der Waals surface area contributed by atoms with Crippen molar-refractivity contribution in [2.45, 2.75) is 32.7 Å². The summed E-state index contributed by atoms with van der Waals surface area (Å²) >= 11 is 0. The summed E-state index contributed by atoms with van der Waals surface area (Å²) in [6.07, 6.45) is 1.81. The SMILES string of the molecule is CCCn1nnc(CC(N)=O)c1CCOC. The molecule has 0 saturated heterocycles. The van der Waals surface area contributed by atoms with E-state index in [4.69, 9.17) is 10.5 Å². The molecule has 1 heterocycles. The normalized spacial score (nSPS) is 10.6. The van der Waals surface area contributed by atoms with E-state index in [2.05, 4.69) is 17.2 Å². The highest BCUT2D eigenvalue weighted by Gasteiger charge is 2.13. The van der Waals surface area contributed by atoms with E-state index in [1.165, 1.54) is 0 Å². The summed E-state index contributed by atoms with van der Waals surface area (Å²) in [5, 5.41) is 8.00. The van der Waals surface area contributed by atoms with Crippen molar-refractivity contribution in [1.29, 1.82) is 0 Å². The second kappa shape index (κ2) is 6.22. The van der Waals surface area contributed by atoms with Crippen molar-refractivity contribution in [3.63, 3.8) is 0 Å². The Morgan fingerprint density at radius 3 is 2.88 bits per heavy atom. The Kier molecular flexibility index (Phi) is 4.91. The van der Waals surface area contributed by atoms with E-state index >= 15 is 0 Å². The molecule has 0 fully saturated rings. The monoisotopic (exact) mass is 226 g/mol. The number of nitrogens with two attached hydrogens (primary N) is 1. The van der Waals surface area contributed by atoms with Crippen LogP contribution in [0.1, 0.15) is 24.7 Å². The maximum atomic E-state index is 10.9. The van der Waals surface area contributed by atoms with Gasteiger partial charge in [-0.1, -0.05) is 12.1 Å². The minimum absolute atomic E-state index is 0.142. The molecule has 0 aliphatic heterocycles. The van der Waals surface area contributed by atoms with Crippen LogP contribution in [0, 0.1) is 0 Å². The number of primary amides is 1. The summed E-state index contributed by atoms with van der Waals surface area (Å²) in [7, 11) is 1.64. The lowest BCUT2D eigenvalue weighted by Crippen LogP contribution is -2.16. The van der Waals surface area contributed by atoms with Crippen LogP contribution in [0.15, 0.2) is 0 Å². The molecule has 0 radical (unpaired) electrons. The van der Waals surface area contributed by atoms with E-state index in [1.807, 2.05) is 4.68 Å². The largest absolute Gasteiger partial charge is 0.384 e. The molecular weight excluding hydrogens is 208 g/mol. The first-order chi connectivity index (χ1) is 7.69. The summed E-state index contributed by atoms with van der Waals surface area (Å²) in [4.78, 5) is 10.9. The predicted octanol–water partition coefficient (Wildman–Crippen LogP) is -0.0952. The molecule has 1 aromatic rings. The maximum absolute atomic E-state index is 10.9. The van der Waals surface area contributed by atoms with Crippen molar-refractivity contribution < 1.29 is 9.53 Å². The van der Waals surface area contributed by atoms with Gasteiger partial charge in [-0.3, -0.25) is 4.79 Å². The van der Waals surface area contributed by atoms with Gasteiger partial charge in [-0.25, -0.2) is 4.68 Å². The van der Waals surface area contributed by atoms with Crippen molar-refractivity contribution >= 4 is 5.91 Å². The summed E-state index contributed by atoms with van der Waals surface area (Å²) in [5.41, 5.74) is 6.77. The van der Waals surface area contributed by atoms with Crippen LogP contribution in [-0.2, 0) is 28.9 Å². The Hall–Kier alpha value is -1.43. The molecular formula is C10H18N4O2. The second-order valence-corrected chi connectivity index (χ2v) is 3.59. The zero-order valence-electron chi connectivity index (χ0n) is 9.77.